The van der Waals surface area contributed by atoms with Gasteiger partial charge in [0.25, 0.3) is 0 Å². The van der Waals surface area contributed by atoms with Crippen molar-refractivity contribution in [2.45, 2.75) is 60.8 Å². The van der Waals surface area contributed by atoms with E-state index in [1.165, 1.54) is 25.0 Å². The highest BCUT2D eigenvalue weighted by molar-refractivity contribution is 5.85. The summed E-state index contributed by atoms with van der Waals surface area (Å²) in [5.74, 6) is 0.587. The van der Waals surface area contributed by atoms with Gasteiger partial charge in [-0.2, -0.15) is 0 Å². The Morgan fingerprint density at radius 3 is 2.27 bits per heavy atom. The van der Waals surface area contributed by atoms with Crippen molar-refractivity contribution in [2.24, 2.45) is 16.3 Å². The Bertz CT molecular complexity index is 230. The minimum absolute atomic E-state index is 0.0890. The number of nitrogens with zero attached hydrogens (tertiary/aromatic N) is 1. The fourth-order valence-electron chi connectivity index (χ4n) is 1.21. The van der Waals surface area contributed by atoms with E-state index >= 15 is 0 Å². The van der Waals surface area contributed by atoms with E-state index in [9.17, 15) is 0 Å². The van der Waals surface area contributed by atoms with Gasteiger partial charge in [-0.3, -0.25) is 4.99 Å². The molecule has 0 aliphatic carbocycles. The number of unbranched alkanes of at least 4 members (excludes halogenated alkanes) is 1. The summed E-state index contributed by atoms with van der Waals surface area (Å²) in [4.78, 5) is 4.62. The molecule has 0 fully saturated rings. The van der Waals surface area contributed by atoms with Crippen LogP contribution in [0.1, 0.15) is 60.8 Å². The van der Waals surface area contributed by atoms with E-state index in [1.54, 1.807) is 0 Å². The van der Waals surface area contributed by atoms with Crippen LogP contribution in [0, 0.1) is 11.3 Å². The van der Waals surface area contributed by atoms with E-state index < -0.39 is 0 Å². The van der Waals surface area contributed by atoms with Crippen LogP contribution >= 0.6 is 0 Å². The van der Waals surface area contributed by atoms with Gasteiger partial charge in [0.15, 0.2) is 0 Å². The first-order chi connectivity index (χ1) is 6.79. The lowest BCUT2D eigenvalue weighted by atomic mass is 9.92. The lowest BCUT2D eigenvalue weighted by molar-refractivity contribution is 0.498. The van der Waals surface area contributed by atoms with Crippen LogP contribution in [0.4, 0.5) is 0 Å². The van der Waals surface area contributed by atoms with Crippen molar-refractivity contribution in [1.82, 2.24) is 0 Å². The molecule has 1 unspecified atom stereocenters. The smallest absolute Gasteiger partial charge is 0.0384 e. The SMILES string of the molecule is C=C(N=C(C)C(C)CCCC)C(C)(C)C. The molecule has 0 amide bonds. The molecule has 0 aliphatic rings. The van der Waals surface area contributed by atoms with Crippen molar-refractivity contribution >= 4 is 5.71 Å². The third-order valence-electron chi connectivity index (χ3n) is 2.88. The molecular formula is C14H27N. The Kier molecular flexibility index (Phi) is 5.85. The summed E-state index contributed by atoms with van der Waals surface area (Å²) in [5.41, 5.74) is 2.30. The molecule has 0 heterocycles. The maximum Gasteiger partial charge on any atom is 0.0384 e. The molecule has 0 radical (unpaired) electrons. The zero-order valence-corrected chi connectivity index (χ0v) is 11.4. The van der Waals surface area contributed by atoms with E-state index in [0.29, 0.717) is 5.92 Å². The Labute approximate surface area is 95.7 Å². The van der Waals surface area contributed by atoms with Gasteiger partial charge in [0.2, 0.25) is 0 Å². The van der Waals surface area contributed by atoms with E-state index in [2.05, 4.69) is 53.1 Å². The first-order valence-corrected chi connectivity index (χ1v) is 6.03. The van der Waals surface area contributed by atoms with Crippen molar-refractivity contribution in [3.63, 3.8) is 0 Å². The third-order valence-corrected chi connectivity index (χ3v) is 2.88. The summed E-state index contributed by atoms with van der Waals surface area (Å²) in [6.45, 7) is 17.1. The Hall–Kier alpha value is -0.590. The molecule has 0 saturated heterocycles. The second-order valence-electron chi connectivity index (χ2n) is 5.49. The highest BCUT2D eigenvalue weighted by atomic mass is 14.8. The highest BCUT2D eigenvalue weighted by Gasteiger charge is 2.15. The van der Waals surface area contributed by atoms with Crippen LogP contribution in [-0.4, -0.2) is 5.71 Å². The molecule has 0 aromatic heterocycles. The summed E-state index contributed by atoms with van der Waals surface area (Å²) in [6.07, 6.45) is 3.79. The molecule has 1 heteroatoms. The normalized spacial score (nSPS) is 15.2. The third kappa shape index (κ3) is 5.76. The van der Waals surface area contributed by atoms with Crippen LogP contribution in [0.2, 0.25) is 0 Å². The first-order valence-electron chi connectivity index (χ1n) is 6.03. The average molecular weight is 209 g/mol. The Morgan fingerprint density at radius 2 is 1.87 bits per heavy atom. The summed E-state index contributed by atoms with van der Waals surface area (Å²) in [5, 5.41) is 0. The van der Waals surface area contributed by atoms with E-state index in [1.807, 2.05) is 0 Å². The van der Waals surface area contributed by atoms with Gasteiger partial charge in [0.05, 0.1) is 0 Å². The molecule has 1 atom stereocenters. The van der Waals surface area contributed by atoms with Crippen molar-refractivity contribution in [1.29, 1.82) is 0 Å². The number of rotatable bonds is 5. The van der Waals surface area contributed by atoms with Crippen molar-refractivity contribution in [3.8, 4) is 0 Å². The topological polar surface area (TPSA) is 12.4 Å². The van der Waals surface area contributed by atoms with Gasteiger partial charge < -0.3 is 0 Å². The minimum atomic E-state index is 0.0890. The molecule has 0 aromatic rings. The zero-order chi connectivity index (χ0) is 12.1. The van der Waals surface area contributed by atoms with Gasteiger partial charge in [0, 0.05) is 16.8 Å². The van der Waals surface area contributed by atoms with Crippen molar-refractivity contribution in [2.75, 3.05) is 0 Å². The van der Waals surface area contributed by atoms with E-state index in [0.717, 1.165) is 5.70 Å². The summed E-state index contributed by atoms with van der Waals surface area (Å²) in [7, 11) is 0. The van der Waals surface area contributed by atoms with Gasteiger partial charge in [0.1, 0.15) is 0 Å². The van der Waals surface area contributed by atoms with E-state index in [4.69, 9.17) is 0 Å². The fourth-order valence-corrected chi connectivity index (χ4v) is 1.21. The molecule has 0 saturated carbocycles. The molecule has 1 nitrogen and oxygen atoms in total. The van der Waals surface area contributed by atoms with Gasteiger partial charge in [-0.15, -0.1) is 0 Å². The number of hydrogen-bond donors (Lipinski definition) is 0. The highest BCUT2D eigenvalue weighted by Crippen LogP contribution is 2.25. The summed E-state index contributed by atoms with van der Waals surface area (Å²) in [6, 6.07) is 0. The number of allylic oxidation sites excluding steroid dienone is 1. The zero-order valence-electron chi connectivity index (χ0n) is 11.4. The molecule has 0 spiro atoms. The van der Waals surface area contributed by atoms with Gasteiger partial charge in [-0.05, 0) is 19.3 Å². The molecule has 88 valence electrons. The fraction of sp³-hybridized carbons (Fsp3) is 0.786. The molecule has 0 aromatic carbocycles. The van der Waals surface area contributed by atoms with Crippen molar-refractivity contribution < 1.29 is 0 Å². The molecule has 0 rings (SSSR count). The van der Waals surface area contributed by atoms with Crippen LogP contribution in [0.25, 0.3) is 0 Å². The minimum Gasteiger partial charge on any atom is -0.262 e. The standard InChI is InChI=1S/C14H27N/c1-8-9-10-11(2)12(3)15-13(4)14(5,6)7/h11H,4,8-10H2,1-3,5-7H3. The molecule has 0 aliphatic heterocycles. The van der Waals surface area contributed by atoms with Crippen LogP contribution in [0.3, 0.4) is 0 Å². The van der Waals surface area contributed by atoms with Gasteiger partial charge >= 0.3 is 0 Å². The molecular weight excluding hydrogens is 182 g/mol. The van der Waals surface area contributed by atoms with Gasteiger partial charge in [-0.25, -0.2) is 0 Å². The predicted molar refractivity (Wildman–Crippen MR) is 70.4 cm³/mol. The van der Waals surface area contributed by atoms with Crippen LogP contribution in [-0.2, 0) is 0 Å². The predicted octanol–water partition coefficient (Wildman–Crippen LogP) is 4.83. The Balaban J connectivity index is 4.36. The summed E-state index contributed by atoms with van der Waals surface area (Å²) >= 11 is 0. The van der Waals surface area contributed by atoms with Crippen LogP contribution in [0.5, 0.6) is 0 Å². The lowest BCUT2D eigenvalue weighted by Gasteiger charge is -2.20. The van der Waals surface area contributed by atoms with Crippen molar-refractivity contribution in [3.05, 3.63) is 12.3 Å². The largest absolute Gasteiger partial charge is 0.262 e. The van der Waals surface area contributed by atoms with Crippen LogP contribution in [0.15, 0.2) is 17.3 Å². The first kappa shape index (κ1) is 14.4. The average Bonchev–Trinajstić information content (AvgIpc) is 2.12. The maximum atomic E-state index is 4.62. The maximum absolute atomic E-state index is 4.62. The number of aliphatic imine (C=N–C) groups is 1. The monoisotopic (exact) mass is 209 g/mol. The lowest BCUT2D eigenvalue weighted by Crippen LogP contribution is -2.12. The van der Waals surface area contributed by atoms with E-state index in [-0.39, 0.29) is 5.41 Å². The Morgan fingerprint density at radius 1 is 1.33 bits per heavy atom. The molecule has 0 N–H and O–H groups in total. The van der Waals surface area contributed by atoms with Gasteiger partial charge in [-0.1, -0.05) is 54.0 Å². The second kappa shape index (κ2) is 6.09. The van der Waals surface area contributed by atoms with Crippen LogP contribution < -0.4 is 0 Å². The second-order valence-corrected chi connectivity index (χ2v) is 5.49. The molecule has 0 bridgehead atoms. The number of hydrogen-bond acceptors (Lipinski definition) is 1. The summed E-state index contributed by atoms with van der Waals surface area (Å²) < 4.78 is 0. The quantitative estimate of drug-likeness (QED) is 0.575. The molecule has 15 heavy (non-hydrogen) atoms.